The third kappa shape index (κ3) is 8.19. The van der Waals surface area contributed by atoms with Crippen LogP contribution in [-0.2, 0) is 11.2 Å². The number of thioether (sulfide) groups is 1. The van der Waals surface area contributed by atoms with E-state index < -0.39 is 0 Å². The highest BCUT2D eigenvalue weighted by atomic mass is 35.5. The molecule has 1 fully saturated rings. The number of carbonyl (C=O) groups is 1. The van der Waals surface area contributed by atoms with Gasteiger partial charge in [-0.05, 0) is 29.5 Å². The van der Waals surface area contributed by atoms with E-state index in [1.807, 2.05) is 28.8 Å². The van der Waals surface area contributed by atoms with Crippen molar-refractivity contribution >= 4 is 30.1 Å². The molecule has 1 aromatic rings. The van der Waals surface area contributed by atoms with Crippen LogP contribution in [0.4, 0.5) is 0 Å². The molecule has 0 bridgehead atoms. The highest BCUT2D eigenvalue weighted by molar-refractivity contribution is 7.99. The van der Waals surface area contributed by atoms with Gasteiger partial charge in [-0.2, -0.15) is 11.8 Å². The largest absolute Gasteiger partial charge is 0.497 e. The van der Waals surface area contributed by atoms with Crippen molar-refractivity contribution < 1.29 is 9.53 Å². The monoisotopic (exact) mass is 400 g/mol. The smallest absolute Gasteiger partial charge is 0.224 e. The first kappa shape index (κ1) is 23.1. The lowest BCUT2D eigenvalue weighted by molar-refractivity contribution is -0.132. The van der Waals surface area contributed by atoms with Crippen LogP contribution in [0, 0.1) is 5.41 Å². The summed E-state index contributed by atoms with van der Waals surface area (Å²) in [6, 6.07) is 8.44. The van der Waals surface area contributed by atoms with Gasteiger partial charge in [0.15, 0.2) is 0 Å². The van der Waals surface area contributed by atoms with Crippen molar-refractivity contribution in [3.05, 3.63) is 29.8 Å². The Morgan fingerprint density at radius 2 is 2.00 bits per heavy atom. The Labute approximate surface area is 168 Å². The second kappa shape index (κ2) is 11.1. The molecule has 0 saturated carbocycles. The lowest BCUT2D eigenvalue weighted by atomic mass is 9.95. The predicted octanol–water partition coefficient (Wildman–Crippen LogP) is 3.63. The first-order valence-corrected chi connectivity index (χ1v) is 10.2. The van der Waals surface area contributed by atoms with Crippen molar-refractivity contribution in [1.82, 2.24) is 10.2 Å². The highest BCUT2D eigenvalue weighted by Crippen LogP contribution is 2.19. The van der Waals surface area contributed by atoms with Gasteiger partial charge in [-0.15, -0.1) is 12.4 Å². The van der Waals surface area contributed by atoms with E-state index >= 15 is 0 Å². The molecule has 1 saturated heterocycles. The van der Waals surface area contributed by atoms with Crippen molar-refractivity contribution in [1.29, 1.82) is 0 Å². The molecule has 148 valence electrons. The van der Waals surface area contributed by atoms with Gasteiger partial charge in [0.25, 0.3) is 0 Å². The number of carbonyl (C=O) groups excluding carboxylic acids is 1. The molecule has 1 N–H and O–H groups in total. The number of nitrogens with one attached hydrogen (secondary N) is 1. The molecule has 6 heteroatoms. The molecule has 1 amide bonds. The molecule has 1 unspecified atom stereocenters. The zero-order valence-electron chi connectivity index (χ0n) is 16.4. The Kier molecular flexibility index (Phi) is 9.83. The van der Waals surface area contributed by atoms with E-state index in [2.05, 4.69) is 38.2 Å². The Morgan fingerprint density at radius 1 is 1.31 bits per heavy atom. The summed E-state index contributed by atoms with van der Waals surface area (Å²) in [6.45, 7) is 9.14. The van der Waals surface area contributed by atoms with E-state index in [4.69, 9.17) is 4.74 Å². The van der Waals surface area contributed by atoms with Gasteiger partial charge in [0.2, 0.25) is 5.91 Å². The van der Waals surface area contributed by atoms with E-state index in [0.29, 0.717) is 12.5 Å². The maximum atomic E-state index is 12.9. The normalized spacial score (nSPS) is 17.3. The Hall–Kier alpha value is -0.910. The van der Waals surface area contributed by atoms with E-state index in [1.54, 1.807) is 7.11 Å². The highest BCUT2D eigenvalue weighted by Gasteiger charge is 2.24. The van der Waals surface area contributed by atoms with E-state index in [1.165, 1.54) is 5.56 Å². The van der Waals surface area contributed by atoms with Crippen molar-refractivity contribution in [2.75, 3.05) is 38.2 Å². The van der Waals surface area contributed by atoms with Crippen LogP contribution >= 0.6 is 24.2 Å². The van der Waals surface area contributed by atoms with Crippen LogP contribution in [0.2, 0.25) is 0 Å². The lowest BCUT2D eigenvalue weighted by Crippen LogP contribution is -2.45. The third-order valence-electron chi connectivity index (χ3n) is 4.27. The summed E-state index contributed by atoms with van der Waals surface area (Å²) in [5.74, 6) is 3.32. The van der Waals surface area contributed by atoms with E-state index in [9.17, 15) is 4.79 Å². The zero-order chi connectivity index (χ0) is 18.3. The van der Waals surface area contributed by atoms with Gasteiger partial charge in [-0.1, -0.05) is 32.9 Å². The van der Waals surface area contributed by atoms with Crippen LogP contribution in [0.15, 0.2) is 24.3 Å². The van der Waals surface area contributed by atoms with Gasteiger partial charge < -0.3 is 15.0 Å². The average Bonchev–Trinajstić information content (AvgIpc) is 2.59. The molecule has 0 spiro atoms. The standard InChI is InChI=1S/C20H32N2O2S.ClH/c1-20(2,3)15-22(19(23)13-17-14-25-12-10-21-17)11-9-16-5-7-18(24-4)8-6-16;/h5-8,17,21H,9-15H2,1-4H3;1H. The topological polar surface area (TPSA) is 41.6 Å². The minimum atomic E-state index is 0. The van der Waals surface area contributed by atoms with Crippen molar-refractivity contribution in [2.24, 2.45) is 5.41 Å². The number of hydrogen-bond donors (Lipinski definition) is 1. The lowest BCUT2D eigenvalue weighted by Gasteiger charge is -2.32. The summed E-state index contributed by atoms with van der Waals surface area (Å²) in [4.78, 5) is 14.9. The second-order valence-electron chi connectivity index (χ2n) is 7.90. The molecular formula is C20H33ClN2O2S. The van der Waals surface area contributed by atoms with Crippen molar-refractivity contribution in [3.63, 3.8) is 0 Å². The Bertz CT molecular complexity index is 540. The number of amides is 1. The molecule has 4 nitrogen and oxygen atoms in total. The molecule has 26 heavy (non-hydrogen) atoms. The predicted molar refractivity (Wildman–Crippen MR) is 114 cm³/mol. The summed E-state index contributed by atoms with van der Waals surface area (Å²) < 4.78 is 5.21. The van der Waals surface area contributed by atoms with E-state index in [-0.39, 0.29) is 23.7 Å². The maximum absolute atomic E-state index is 12.9. The molecule has 1 heterocycles. The fourth-order valence-corrected chi connectivity index (χ4v) is 3.96. The summed E-state index contributed by atoms with van der Waals surface area (Å²) in [5.41, 5.74) is 1.34. The maximum Gasteiger partial charge on any atom is 0.224 e. The minimum absolute atomic E-state index is 0. The number of benzene rings is 1. The molecule has 1 aromatic carbocycles. The number of hydrogen-bond acceptors (Lipinski definition) is 4. The number of halogens is 1. The van der Waals surface area contributed by atoms with Gasteiger partial charge in [0.1, 0.15) is 5.75 Å². The molecule has 0 aliphatic carbocycles. The van der Waals surface area contributed by atoms with Crippen LogP contribution in [0.5, 0.6) is 5.75 Å². The van der Waals surface area contributed by atoms with Crippen LogP contribution < -0.4 is 10.1 Å². The van der Waals surface area contributed by atoms with Crippen LogP contribution in [-0.4, -0.2) is 55.1 Å². The van der Waals surface area contributed by atoms with Gasteiger partial charge in [-0.3, -0.25) is 4.79 Å². The quantitative estimate of drug-likeness (QED) is 0.758. The number of nitrogens with zero attached hydrogens (tertiary/aromatic N) is 1. The molecular weight excluding hydrogens is 368 g/mol. The summed E-state index contributed by atoms with van der Waals surface area (Å²) >= 11 is 1.94. The van der Waals surface area contributed by atoms with Crippen LogP contribution in [0.25, 0.3) is 0 Å². The molecule has 0 aromatic heterocycles. The van der Waals surface area contributed by atoms with Gasteiger partial charge in [0, 0.05) is 43.6 Å². The van der Waals surface area contributed by atoms with Crippen LogP contribution in [0.3, 0.4) is 0 Å². The third-order valence-corrected chi connectivity index (χ3v) is 5.40. The number of rotatable bonds is 7. The summed E-state index contributed by atoms with van der Waals surface area (Å²) in [6.07, 6.45) is 1.48. The Morgan fingerprint density at radius 3 is 2.54 bits per heavy atom. The molecule has 2 rings (SSSR count). The van der Waals surface area contributed by atoms with Gasteiger partial charge >= 0.3 is 0 Å². The van der Waals surface area contributed by atoms with Crippen molar-refractivity contribution in [3.8, 4) is 5.75 Å². The molecule has 0 radical (unpaired) electrons. The first-order valence-electron chi connectivity index (χ1n) is 9.09. The summed E-state index contributed by atoms with van der Waals surface area (Å²) in [5, 5.41) is 3.47. The first-order chi connectivity index (χ1) is 11.9. The fourth-order valence-electron chi connectivity index (χ4n) is 3.01. The number of methoxy groups -OCH3 is 1. The SMILES string of the molecule is COc1ccc(CCN(CC(C)(C)C)C(=O)CC2CSCCN2)cc1.Cl. The second-order valence-corrected chi connectivity index (χ2v) is 9.05. The number of ether oxygens (including phenoxy) is 1. The molecule has 1 atom stereocenters. The molecule has 1 aliphatic heterocycles. The van der Waals surface area contributed by atoms with Crippen LogP contribution in [0.1, 0.15) is 32.8 Å². The van der Waals surface area contributed by atoms with E-state index in [0.717, 1.165) is 43.3 Å². The van der Waals surface area contributed by atoms with Gasteiger partial charge in [-0.25, -0.2) is 0 Å². The minimum Gasteiger partial charge on any atom is -0.497 e. The molecule has 1 aliphatic rings. The Balaban J connectivity index is 0.00000338. The van der Waals surface area contributed by atoms with Gasteiger partial charge in [0.05, 0.1) is 7.11 Å². The summed E-state index contributed by atoms with van der Waals surface area (Å²) in [7, 11) is 1.68. The fraction of sp³-hybridized carbons (Fsp3) is 0.650. The average molecular weight is 401 g/mol. The van der Waals surface area contributed by atoms with Crippen molar-refractivity contribution in [2.45, 2.75) is 39.7 Å². The zero-order valence-corrected chi connectivity index (χ0v) is 18.0.